The van der Waals surface area contributed by atoms with Gasteiger partial charge in [-0.25, -0.2) is 0 Å². The first-order valence-electron chi connectivity index (χ1n) is 5.20. The number of rotatable bonds is 3. The topological polar surface area (TPSA) is 32.3 Å². The van der Waals surface area contributed by atoms with Gasteiger partial charge in [0.1, 0.15) is 0 Å². The molecule has 0 bridgehead atoms. The van der Waals surface area contributed by atoms with Gasteiger partial charge in [0, 0.05) is 5.69 Å². The molecule has 0 heterocycles. The van der Waals surface area contributed by atoms with Crippen molar-refractivity contribution in [2.45, 2.75) is 31.7 Å². The SMILES string of the molecule is Cc1ccc(NC2(CO)CCC2)cc1. The number of benzene rings is 1. The Morgan fingerprint density at radius 3 is 2.36 bits per heavy atom. The Labute approximate surface area is 85.0 Å². The van der Waals surface area contributed by atoms with Gasteiger partial charge in [-0.1, -0.05) is 17.7 Å². The molecule has 2 heteroatoms. The summed E-state index contributed by atoms with van der Waals surface area (Å²) in [5.74, 6) is 0. The fourth-order valence-electron chi connectivity index (χ4n) is 1.87. The average Bonchev–Trinajstić information content (AvgIpc) is 2.15. The molecule has 1 aliphatic carbocycles. The van der Waals surface area contributed by atoms with Crippen LogP contribution in [0, 0.1) is 6.92 Å². The van der Waals surface area contributed by atoms with Gasteiger partial charge in [-0.3, -0.25) is 0 Å². The maximum Gasteiger partial charge on any atom is 0.0661 e. The molecule has 2 rings (SSSR count). The molecular weight excluding hydrogens is 174 g/mol. The lowest BCUT2D eigenvalue weighted by molar-refractivity contribution is 0.144. The second-order valence-corrected chi connectivity index (χ2v) is 4.28. The maximum absolute atomic E-state index is 9.29. The normalized spacial score (nSPS) is 18.7. The third-order valence-electron chi connectivity index (χ3n) is 3.07. The maximum atomic E-state index is 9.29. The summed E-state index contributed by atoms with van der Waals surface area (Å²) in [5, 5.41) is 12.7. The highest BCUT2D eigenvalue weighted by Crippen LogP contribution is 2.34. The number of nitrogens with one attached hydrogen (secondary N) is 1. The van der Waals surface area contributed by atoms with Gasteiger partial charge in [0.2, 0.25) is 0 Å². The molecule has 0 radical (unpaired) electrons. The fraction of sp³-hybridized carbons (Fsp3) is 0.500. The molecule has 1 saturated carbocycles. The number of anilines is 1. The van der Waals surface area contributed by atoms with E-state index in [0.717, 1.165) is 18.5 Å². The van der Waals surface area contributed by atoms with E-state index in [1.54, 1.807) is 0 Å². The molecule has 14 heavy (non-hydrogen) atoms. The van der Waals surface area contributed by atoms with E-state index in [1.807, 2.05) is 0 Å². The minimum atomic E-state index is -0.0325. The first-order chi connectivity index (χ1) is 6.74. The molecule has 1 aromatic rings. The molecule has 0 aliphatic heterocycles. The quantitative estimate of drug-likeness (QED) is 0.768. The molecule has 76 valence electrons. The van der Waals surface area contributed by atoms with E-state index < -0.39 is 0 Å². The Morgan fingerprint density at radius 2 is 1.93 bits per heavy atom. The summed E-state index contributed by atoms with van der Waals surface area (Å²) in [4.78, 5) is 0. The van der Waals surface area contributed by atoms with E-state index in [9.17, 15) is 5.11 Å². The van der Waals surface area contributed by atoms with E-state index in [-0.39, 0.29) is 12.1 Å². The van der Waals surface area contributed by atoms with E-state index >= 15 is 0 Å². The molecule has 1 aliphatic rings. The van der Waals surface area contributed by atoms with Crippen molar-refractivity contribution >= 4 is 5.69 Å². The Morgan fingerprint density at radius 1 is 1.29 bits per heavy atom. The lowest BCUT2D eigenvalue weighted by atomic mass is 9.77. The Kier molecular flexibility index (Phi) is 2.46. The largest absolute Gasteiger partial charge is 0.394 e. The number of hydrogen-bond acceptors (Lipinski definition) is 2. The number of aliphatic hydroxyl groups excluding tert-OH is 1. The van der Waals surface area contributed by atoms with Crippen molar-refractivity contribution in [3.8, 4) is 0 Å². The number of aliphatic hydroxyl groups is 1. The van der Waals surface area contributed by atoms with Crippen molar-refractivity contribution in [3.05, 3.63) is 29.8 Å². The first kappa shape index (κ1) is 9.53. The number of hydrogen-bond donors (Lipinski definition) is 2. The van der Waals surface area contributed by atoms with Gasteiger partial charge in [-0.05, 0) is 38.3 Å². The van der Waals surface area contributed by atoms with Crippen molar-refractivity contribution < 1.29 is 5.11 Å². The van der Waals surface area contributed by atoms with Crippen molar-refractivity contribution in [2.24, 2.45) is 0 Å². The summed E-state index contributed by atoms with van der Waals surface area (Å²) in [6.07, 6.45) is 3.38. The standard InChI is InChI=1S/C12H17NO/c1-10-3-5-11(6-4-10)13-12(9-14)7-2-8-12/h3-6,13-14H,2,7-9H2,1H3. The van der Waals surface area contributed by atoms with Crippen LogP contribution in [-0.2, 0) is 0 Å². The highest BCUT2D eigenvalue weighted by molar-refractivity contribution is 5.47. The zero-order chi connectivity index (χ0) is 10.0. The highest BCUT2D eigenvalue weighted by atomic mass is 16.3. The fourth-order valence-corrected chi connectivity index (χ4v) is 1.87. The highest BCUT2D eigenvalue weighted by Gasteiger charge is 2.35. The summed E-state index contributed by atoms with van der Waals surface area (Å²) in [6, 6.07) is 8.33. The van der Waals surface area contributed by atoms with Crippen LogP contribution in [0.4, 0.5) is 5.69 Å². The van der Waals surface area contributed by atoms with Crippen LogP contribution < -0.4 is 5.32 Å². The van der Waals surface area contributed by atoms with Crippen LogP contribution in [0.1, 0.15) is 24.8 Å². The third-order valence-corrected chi connectivity index (χ3v) is 3.07. The lowest BCUT2D eigenvalue weighted by Gasteiger charge is -2.41. The summed E-state index contributed by atoms with van der Waals surface area (Å²) in [7, 11) is 0. The van der Waals surface area contributed by atoms with Crippen molar-refractivity contribution in [2.75, 3.05) is 11.9 Å². The van der Waals surface area contributed by atoms with Crippen molar-refractivity contribution in [1.29, 1.82) is 0 Å². The van der Waals surface area contributed by atoms with Crippen LogP contribution in [-0.4, -0.2) is 17.3 Å². The third kappa shape index (κ3) is 1.75. The van der Waals surface area contributed by atoms with Crippen LogP contribution in [0.2, 0.25) is 0 Å². The van der Waals surface area contributed by atoms with Gasteiger partial charge in [0.15, 0.2) is 0 Å². The molecule has 0 aromatic heterocycles. The zero-order valence-corrected chi connectivity index (χ0v) is 8.59. The lowest BCUT2D eigenvalue weighted by Crippen LogP contribution is -2.48. The summed E-state index contributed by atoms with van der Waals surface area (Å²) < 4.78 is 0. The van der Waals surface area contributed by atoms with Gasteiger partial charge >= 0.3 is 0 Å². The van der Waals surface area contributed by atoms with Gasteiger partial charge in [-0.15, -0.1) is 0 Å². The second-order valence-electron chi connectivity index (χ2n) is 4.28. The van der Waals surface area contributed by atoms with Gasteiger partial charge in [-0.2, -0.15) is 0 Å². The molecule has 0 saturated heterocycles. The smallest absolute Gasteiger partial charge is 0.0661 e. The monoisotopic (exact) mass is 191 g/mol. The van der Waals surface area contributed by atoms with Gasteiger partial charge in [0.05, 0.1) is 12.1 Å². The van der Waals surface area contributed by atoms with E-state index in [4.69, 9.17) is 0 Å². The Hall–Kier alpha value is -1.02. The second kappa shape index (κ2) is 3.62. The predicted octanol–water partition coefficient (Wildman–Crippen LogP) is 2.32. The van der Waals surface area contributed by atoms with Gasteiger partial charge < -0.3 is 10.4 Å². The van der Waals surface area contributed by atoms with E-state index in [0.29, 0.717) is 0 Å². The number of aryl methyl sites for hydroxylation is 1. The average molecular weight is 191 g/mol. The minimum absolute atomic E-state index is 0.0325. The molecule has 1 fully saturated rings. The van der Waals surface area contributed by atoms with Gasteiger partial charge in [0.25, 0.3) is 0 Å². The van der Waals surface area contributed by atoms with Crippen LogP contribution in [0.3, 0.4) is 0 Å². The predicted molar refractivity (Wildman–Crippen MR) is 58.5 cm³/mol. The molecule has 0 atom stereocenters. The van der Waals surface area contributed by atoms with Crippen LogP contribution in [0.5, 0.6) is 0 Å². The Bertz CT molecular complexity index is 295. The van der Waals surface area contributed by atoms with Crippen molar-refractivity contribution in [3.63, 3.8) is 0 Å². The molecular formula is C12H17NO. The summed E-state index contributed by atoms with van der Waals surface area (Å²) in [5.41, 5.74) is 2.35. The van der Waals surface area contributed by atoms with Crippen LogP contribution in [0.15, 0.2) is 24.3 Å². The molecule has 0 spiro atoms. The van der Waals surface area contributed by atoms with E-state index in [2.05, 4.69) is 36.5 Å². The first-order valence-corrected chi connectivity index (χ1v) is 5.20. The summed E-state index contributed by atoms with van der Waals surface area (Å²) >= 11 is 0. The van der Waals surface area contributed by atoms with Crippen molar-refractivity contribution in [1.82, 2.24) is 0 Å². The van der Waals surface area contributed by atoms with E-state index in [1.165, 1.54) is 12.0 Å². The molecule has 1 aromatic carbocycles. The molecule has 2 nitrogen and oxygen atoms in total. The zero-order valence-electron chi connectivity index (χ0n) is 8.59. The molecule has 0 unspecified atom stereocenters. The van der Waals surface area contributed by atoms with Crippen LogP contribution >= 0.6 is 0 Å². The Balaban J connectivity index is 2.06. The summed E-state index contributed by atoms with van der Waals surface area (Å²) in [6.45, 7) is 2.32. The van der Waals surface area contributed by atoms with Crippen LogP contribution in [0.25, 0.3) is 0 Å². The minimum Gasteiger partial charge on any atom is -0.394 e. The molecule has 2 N–H and O–H groups in total. The molecule has 0 amide bonds.